The van der Waals surface area contributed by atoms with Crippen LogP contribution in [0.25, 0.3) is 10.6 Å². The van der Waals surface area contributed by atoms with Gasteiger partial charge in [-0.05, 0) is 32.1 Å². The van der Waals surface area contributed by atoms with E-state index in [2.05, 4.69) is 21.9 Å². The summed E-state index contributed by atoms with van der Waals surface area (Å²) in [5.74, 6) is 0.179. The molecule has 3 rings (SSSR count). The van der Waals surface area contributed by atoms with Gasteiger partial charge in [0.2, 0.25) is 5.91 Å². The average Bonchev–Trinajstić information content (AvgIpc) is 2.88. The average molecular weight is 316 g/mol. The van der Waals surface area contributed by atoms with E-state index in [9.17, 15) is 4.79 Å². The van der Waals surface area contributed by atoms with Crippen LogP contribution in [-0.4, -0.2) is 58.9 Å². The Labute approximate surface area is 134 Å². The number of rotatable bonds is 3. The molecule has 0 atom stereocenters. The predicted octanol–water partition coefficient (Wildman–Crippen LogP) is 1.91. The van der Waals surface area contributed by atoms with Crippen molar-refractivity contribution in [3.63, 3.8) is 0 Å². The van der Waals surface area contributed by atoms with Crippen molar-refractivity contribution in [1.29, 1.82) is 0 Å². The van der Waals surface area contributed by atoms with Gasteiger partial charge < -0.3 is 9.80 Å². The van der Waals surface area contributed by atoms with Gasteiger partial charge in [0.1, 0.15) is 5.01 Å². The van der Waals surface area contributed by atoms with Crippen molar-refractivity contribution < 1.29 is 4.79 Å². The van der Waals surface area contributed by atoms with Crippen molar-refractivity contribution in [2.75, 3.05) is 33.2 Å². The summed E-state index contributed by atoms with van der Waals surface area (Å²) in [7, 11) is 2.11. The number of hydrogen-bond acceptors (Lipinski definition) is 5. The Morgan fingerprint density at radius 2 is 2.23 bits per heavy atom. The van der Waals surface area contributed by atoms with Gasteiger partial charge in [-0.2, -0.15) is 0 Å². The first kappa shape index (κ1) is 15.1. The zero-order valence-electron chi connectivity index (χ0n) is 12.7. The van der Waals surface area contributed by atoms with Gasteiger partial charge in [0.25, 0.3) is 0 Å². The maximum atomic E-state index is 12.4. The third-order valence-corrected chi connectivity index (χ3v) is 4.80. The van der Waals surface area contributed by atoms with Crippen LogP contribution in [0.2, 0.25) is 0 Å². The summed E-state index contributed by atoms with van der Waals surface area (Å²) in [4.78, 5) is 25.4. The molecule has 0 unspecified atom stereocenters. The normalized spacial score (nSPS) is 16.5. The highest BCUT2D eigenvalue weighted by molar-refractivity contribution is 7.13. The smallest absolute Gasteiger partial charge is 0.228 e. The lowest BCUT2D eigenvalue weighted by Crippen LogP contribution is -2.35. The van der Waals surface area contributed by atoms with Gasteiger partial charge in [-0.1, -0.05) is 0 Å². The van der Waals surface area contributed by atoms with Crippen molar-refractivity contribution >= 4 is 17.2 Å². The molecule has 1 fully saturated rings. The van der Waals surface area contributed by atoms with E-state index in [4.69, 9.17) is 0 Å². The molecule has 0 spiro atoms. The molecule has 2 aromatic rings. The summed E-state index contributed by atoms with van der Waals surface area (Å²) in [5, 5.41) is 2.90. The molecule has 3 heterocycles. The molecule has 1 saturated heterocycles. The van der Waals surface area contributed by atoms with E-state index in [0.717, 1.165) is 48.9 Å². The Morgan fingerprint density at radius 1 is 1.32 bits per heavy atom. The molecule has 1 amide bonds. The van der Waals surface area contributed by atoms with Crippen molar-refractivity contribution in [3.8, 4) is 10.6 Å². The van der Waals surface area contributed by atoms with Gasteiger partial charge in [-0.3, -0.25) is 9.78 Å². The largest absolute Gasteiger partial charge is 0.341 e. The fourth-order valence-electron chi connectivity index (χ4n) is 2.57. The first-order chi connectivity index (χ1) is 10.7. The van der Waals surface area contributed by atoms with Crippen LogP contribution in [0.1, 0.15) is 12.1 Å². The van der Waals surface area contributed by atoms with Gasteiger partial charge in [0, 0.05) is 43.0 Å². The number of nitrogens with zero attached hydrogens (tertiary/aromatic N) is 4. The van der Waals surface area contributed by atoms with Crippen LogP contribution in [0.3, 0.4) is 0 Å². The second-order valence-electron chi connectivity index (χ2n) is 5.60. The summed E-state index contributed by atoms with van der Waals surface area (Å²) in [6.45, 7) is 3.67. The van der Waals surface area contributed by atoms with E-state index < -0.39 is 0 Å². The minimum Gasteiger partial charge on any atom is -0.341 e. The highest BCUT2D eigenvalue weighted by Crippen LogP contribution is 2.23. The van der Waals surface area contributed by atoms with E-state index in [1.807, 2.05) is 22.4 Å². The molecule has 116 valence electrons. The summed E-state index contributed by atoms with van der Waals surface area (Å²) in [6.07, 6.45) is 4.98. The molecule has 0 radical (unpaired) electrons. The molecular weight excluding hydrogens is 296 g/mol. The minimum atomic E-state index is 0.179. The number of carbonyl (C=O) groups excluding carboxylic acids is 1. The molecule has 2 aromatic heterocycles. The lowest BCUT2D eigenvalue weighted by atomic mass is 10.2. The van der Waals surface area contributed by atoms with E-state index in [0.29, 0.717) is 6.42 Å². The number of hydrogen-bond donors (Lipinski definition) is 0. The highest BCUT2D eigenvalue weighted by Gasteiger charge is 2.18. The zero-order valence-corrected chi connectivity index (χ0v) is 13.6. The first-order valence-corrected chi connectivity index (χ1v) is 8.41. The quantitative estimate of drug-likeness (QED) is 0.868. The molecule has 0 saturated carbocycles. The third kappa shape index (κ3) is 3.69. The van der Waals surface area contributed by atoms with Crippen LogP contribution in [0.4, 0.5) is 0 Å². The van der Waals surface area contributed by atoms with Gasteiger partial charge in [-0.15, -0.1) is 11.3 Å². The SMILES string of the molecule is CN1CCCN(C(=O)Cc2csc(-c3cccnc3)n2)CC1. The standard InChI is InChI=1S/C16H20N4OS/c1-19-6-3-7-20(9-8-19)15(21)10-14-12-22-16(18-14)13-4-2-5-17-11-13/h2,4-5,11-12H,3,6-10H2,1H3. The molecule has 0 bridgehead atoms. The van der Waals surface area contributed by atoms with Crippen LogP contribution in [0.5, 0.6) is 0 Å². The Bertz CT molecular complexity index is 628. The van der Waals surface area contributed by atoms with Crippen LogP contribution in [-0.2, 0) is 11.2 Å². The predicted molar refractivity (Wildman–Crippen MR) is 87.7 cm³/mol. The maximum Gasteiger partial charge on any atom is 0.228 e. The van der Waals surface area contributed by atoms with Crippen molar-refractivity contribution in [2.24, 2.45) is 0 Å². The zero-order chi connectivity index (χ0) is 15.4. The second-order valence-corrected chi connectivity index (χ2v) is 6.46. The fourth-order valence-corrected chi connectivity index (χ4v) is 3.38. The molecule has 1 aliphatic rings. The van der Waals surface area contributed by atoms with Crippen LogP contribution < -0.4 is 0 Å². The number of amides is 1. The summed E-state index contributed by atoms with van der Waals surface area (Å²) in [6, 6.07) is 3.89. The van der Waals surface area contributed by atoms with E-state index in [1.54, 1.807) is 23.7 Å². The molecule has 22 heavy (non-hydrogen) atoms. The van der Waals surface area contributed by atoms with E-state index >= 15 is 0 Å². The Balaban J connectivity index is 1.63. The number of aromatic nitrogens is 2. The van der Waals surface area contributed by atoms with Crippen LogP contribution in [0.15, 0.2) is 29.9 Å². The summed E-state index contributed by atoms with van der Waals surface area (Å²) >= 11 is 1.57. The summed E-state index contributed by atoms with van der Waals surface area (Å²) in [5.41, 5.74) is 1.86. The molecule has 1 aliphatic heterocycles. The topological polar surface area (TPSA) is 49.3 Å². The van der Waals surface area contributed by atoms with Crippen molar-refractivity contribution in [1.82, 2.24) is 19.8 Å². The van der Waals surface area contributed by atoms with Crippen molar-refractivity contribution in [2.45, 2.75) is 12.8 Å². The van der Waals surface area contributed by atoms with Crippen molar-refractivity contribution in [3.05, 3.63) is 35.6 Å². The summed E-state index contributed by atoms with van der Waals surface area (Å²) < 4.78 is 0. The maximum absolute atomic E-state index is 12.4. The molecule has 0 aromatic carbocycles. The molecular formula is C16H20N4OS. The van der Waals surface area contributed by atoms with E-state index in [1.165, 1.54) is 0 Å². The second kappa shape index (κ2) is 6.98. The van der Waals surface area contributed by atoms with E-state index in [-0.39, 0.29) is 5.91 Å². The Morgan fingerprint density at radius 3 is 3.05 bits per heavy atom. The van der Waals surface area contributed by atoms with Crippen LogP contribution >= 0.6 is 11.3 Å². The number of pyridine rings is 1. The molecule has 0 aliphatic carbocycles. The Kier molecular flexibility index (Phi) is 4.80. The van der Waals surface area contributed by atoms with Gasteiger partial charge >= 0.3 is 0 Å². The lowest BCUT2D eigenvalue weighted by Gasteiger charge is -2.20. The molecule has 5 nitrogen and oxygen atoms in total. The molecule has 6 heteroatoms. The number of thiazole rings is 1. The van der Waals surface area contributed by atoms with Gasteiger partial charge in [0.15, 0.2) is 0 Å². The van der Waals surface area contributed by atoms with Gasteiger partial charge in [-0.25, -0.2) is 4.98 Å². The van der Waals surface area contributed by atoms with Crippen LogP contribution in [0, 0.1) is 0 Å². The third-order valence-electron chi connectivity index (χ3n) is 3.86. The molecule has 0 N–H and O–H groups in total. The monoisotopic (exact) mass is 316 g/mol. The number of likely N-dealkylation sites (N-methyl/N-ethyl adjacent to an activating group) is 1. The fraction of sp³-hybridized carbons (Fsp3) is 0.438. The number of carbonyl (C=O) groups is 1. The lowest BCUT2D eigenvalue weighted by molar-refractivity contribution is -0.130. The van der Waals surface area contributed by atoms with Gasteiger partial charge in [0.05, 0.1) is 12.1 Å². The highest BCUT2D eigenvalue weighted by atomic mass is 32.1. The Hall–Kier alpha value is -1.79. The minimum absolute atomic E-state index is 0.179. The first-order valence-electron chi connectivity index (χ1n) is 7.53.